The third-order valence-electron chi connectivity index (χ3n) is 5.45. The Morgan fingerprint density at radius 1 is 1.12 bits per heavy atom. The van der Waals surface area contributed by atoms with Crippen LogP contribution in [-0.4, -0.2) is 40.8 Å². The van der Waals surface area contributed by atoms with Gasteiger partial charge < -0.3 is 10.2 Å². The largest absolute Gasteiger partial charge is 0.356 e. The van der Waals surface area contributed by atoms with E-state index >= 15 is 0 Å². The number of hydrogen-bond donors (Lipinski definition) is 1. The molecule has 1 aliphatic heterocycles. The summed E-state index contributed by atoms with van der Waals surface area (Å²) in [6, 6.07) is 0.0288. The Labute approximate surface area is 154 Å². The summed E-state index contributed by atoms with van der Waals surface area (Å²) in [6.07, 6.45) is 8.26. The molecule has 1 aromatic rings. The molecule has 2 aliphatic rings. The van der Waals surface area contributed by atoms with Crippen LogP contribution in [0.5, 0.6) is 0 Å². The van der Waals surface area contributed by atoms with Crippen molar-refractivity contribution in [1.29, 1.82) is 0 Å². The van der Waals surface area contributed by atoms with Crippen molar-refractivity contribution in [1.82, 2.24) is 15.2 Å². The number of aryl methyl sites for hydroxylation is 2. The highest BCUT2D eigenvalue weighted by Crippen LogP contribution is 2.32. The Morgan fingerprint density at radius 3 is 2.64 bits per heavy atom. The van der Waals surface area contributed by atoms with Gasteiger partial charge in [-0.15, -0.1) is 11.3 Å². The lowest BCUT2D eigenvalue weighted by Crippen LogP contribution is -2.51. The van der Waals surface area contributed by atoms with Crippen LogP contribution in [0.2, 0.25) is 0 Å². The minimum absolute atomic E-state index is 0.0288. The molecule has 25 heavy (non-hydrogen) atoms. The number of aromatic nitrogens is 1. The van der Waals surface area contributed by atoms with Gasteiger partial charge in [0.15, 0.2) is 0 Å². The molecule has 0 spiro atoms. The molecule has 2 fully saturated rings. The lowest BCUT2D eigenvalue weighted by atomic mass is 9.82. The summed E-state index contributed by atoms with van der Waals surface area (Å²) < 4.78 is 0. The standard InChI is InChI=1S/C19H29N3O2S/c1-13-17(25-14(2)21-13)19(24)22-12-8-4-3-7-11-20-18(23)15-9-5-6-10-16(15)22/h15-16H,3-12H2,1-2H3,(H,20,23)/t15-,16+/m1/s1. The highest BCUT2D eigenvalue weighted by Gasteiger charge is 2.38. The van der Waals surface area contributed by atoms with Crippen molar-refractivity contribution in [2.24, 2.45) is 5.92 Å². The highest BCUT2D eigenvalue weighted by atomic mass is 32.1. The van der Waals surface area contributed by atoms with Gasteiger partial charge in [-0.25, -0.2) is 4.98 Å². The molecular weight excluding hydrogens is 334 g/mol. The zero-order chi connectivity index (χ0) is 17.8. The molecule has 3 rings (SSSR count). The maximum absolute atomic E-state index is 13.3. The average Bonchev–Trinajstić information content (AvgIpc) is 2.93. The SMILES string of the molecule is Cc1nc(C)c(C(=O)N2CCCCCCNC(=O)[C@@H]3CCCC[C@@H]32)s1. The molecule has 1 aromatic heterocycles. The summed E-state index contributed by atoms with van der Waals surface area (Å²) in [5.74, 6) is 0.152. The Kier molecular flexibility index (Phi) is 6.10. The lowest BCUT2D eigenvalue weighted by Gasteiger charge is -2.39. The second-order valence-corrected chi connectivity index (χ2v) is 8.51. The van der Waals surface area contributed by atoms with Crippen LogP contribution in [0.15, 0.2) is 0 Å². The van der Waals surface area contributed by atoms with Crippen molar-refractivity contribution in [3.63, 3.8) is 0 Å². The highest BCUT2D eigenvalue weighted by molar-refractivity contribution is 7.13. The summed E-state index contributed by atoms with van der Waals surface area (Å²) in [5.41, 5.74) is 0.818. The van der Waals surface area contributed by atoms with Gasteiger partial charge in [-0.3, -0.25) is 9.59 Å². The van der Waals surface area contributed by atoms with Gasteiger partial charge in [-0.2, -0.15) is 0 Å². The van der Waals surface area contributed by atoms with E-state index in [1.54, 1.807) is 0 Å². The maximum atomic E-state index is 13.3. The van der Waals surface area contributed by atoms with E-state index in [0.717, 1.165) is 80.0 Å². The van der Waals surface area contributed by atoms with Crippen LogP contribution in [0.3, 0.4) is 0 Å². The Hall–Kier alpha value is -1.43. The first-order chi connectivity index (χ1) is 12.1. The zero-order valence-electron chi connectivity index (χ0n) is 15.3. The third kappa shape index (κ3) is 4.22. The first-order valence-corrected chi connectivity index (χ1v) is 10.4. The summed E-state index contributed by atoms with van der Waals surface area (Å²) >= 11 is 1.48. The molecule has 2 atom stereocenters. The third-order valence-corrected chi connectivity index (χ3v) is 6.51. The lowest BCUT2D eigenvalue weighted by molar-refractivity contribution is -0.128. The minimum Gasteiger partial charge on any atom is -0.356 e. The second kappa shape index (κ2) is 8.30. The van der Waals surface area contributed by atoms with E-state index in [1.165, 1.54) is 11.3 Å². The van der Waals surface area contributed by atoms with Crippen molar-refractivity contribution in [3.8, 4) is 0 Å². The van der Waals surface area contributed by atoms with Gasteiger partial charge in [0.2, 0.25) is 5.91 Å². The van der Waals surface area contributed by atoms with Gasteiger partial charge in [-0.05, 0) is 39.5 Å². The van der Waals surface area contributed by atoms with Crippen molar-refractivity contribution < 1.29 is 9.59 Å². The van der Waals surface area contributed by atoms with Gasteiger partial charge >= 0.3 is 0 Å². The van der Waals surface area contributed by atoms with E-state index in [0.29, 0.717) is 0 Å². The van der Waals surface area contributed by atoms with Crippen molar-refractivity contribution >= 4 is 23.2 Å². The van der Waals surface area contributed by atoms with Crippen LogP contribution in [-0.2, 0) is 4.79 Å². The topological polar surface area (TPSA) is 62.3 Å². The maximum Gasteiger partial charge on any atom is 0.266 e. The van der Waals surface area contributed by atoms with E-state index < -0.39 is 0 Å². The van der Waals surface area contributed by atoms with E-state index in [4.69, 9.17) is 0 Å². The van der Waals surface area contributed by atoms with Crippen LogP contribution >= 0.6 is 11.3 Å². The molecule has 138 valence electrons. The quantitative estimate of drug-likeness (QED) is 0.831. The number of fused-ring (bicyclic) bond motifs is 1. The monoisotopic (exact) mass is 363 g/mol. The van der Waals surface area contributed by atoms with Crippen LogP contribution in [0.1, 0.15) is 71.7 Å². The molecule has 6 heteroatoms. The molecule has 0 radical (unpaired) electrons. The molecule has 5 nitrogen and oxygen atoms in total. The fraction of sp³-hybridized carbons (Fsp3) is 0.737. The van der Waals surface area contributed by atoms with Gasteiger partial charge in [0.1, 0.15) is 4.88 Å². The van der Waals surface area contributed by atoms with Crippen molar-refractivity contribution in [3.05, 3.63) is 15.6 Å². The Morgan fingerprint density at radius 2 is 1.88 bits per heavy atom. The minimum atomic E-state index is -0.0647. The first-order valence-electron chi connectivity index (χ1n) is 9.60. The van der Waals surface area contributed by atoms with Crippen molar-refractivity contribution in [2.75, 3.05) is 13.1 Å². The number of rotatable bonds is 1. The first kappa shape index (κ1) is 18.4. The number of nitrogens with one attached hydrogen (secondary N) is 1. The molecule has 0 unspecified atom stereocenters. The van der Waals surface area contributed by atoms with Crippen LogP contribution < -0.4 is 5.32 Å². The molecule has 1 saturated carbocycles. The zero-order valence-corrected chi connectivity index (χ0v) is 16.2. The normalized spacial score (nSPS) is 25.7. The number of carbonyl (C=O) groups excluding carboxylic acids is 2. The van der Waals surface area contributed by atoms with E-state index in [2.05, 4.69) is 10.3 Å². The summed E-state index contributed by atoms with van der Waals surface area (Å²) in [5, 5.41) is 4.03. The van der Waals surface area contributed by atoms with Gasteiger partial charge in [0.05, 0.1) is 16.6 Å². The second-order valence-electron chi connectivity index (χ2n) is 7.31. The van der Waals surface area contributed by atoms with E-state index in [9.17, 15) is 9.59 Å². The number of hydrogen-bond acceptors (Lipinski definition) is 4. The molecule has 1 saturated heterocycles. The number of carbonyl (C=O) groups is 2. The van der Waals surface area contributed by atoms with Crippen LogP contribution in [0.25, 0.3) is 0 Å². The Balaban J connectivity index is 1.89. The predicted octanol–water partition coefficient (Wildman–Crippen LogP) is 3.45. The molecule has 1 aliphatic carbocycles. The summed E-state index contributed by atoms with van der Waals surface area (Å²) in [6.45, 7) is 5.37. The van der Waals surface area contributed by atoms with Crippen molar-refractivity contribution in [2.45, 2.75) is 71.3 Å². The molecule has 2 amide bonds. The summed E-state index contributed by atoms with van der Waals surface area (Å²) in [4.78, 5) is 33.2. The predicted molar refractivity (Wildman–Crippen MR) is 99.8 cm³/mol. The van der Waals surface area contributed by atoms with E-state index in [1.807, 2.05) is 18.7 Å². The number of nitrogens with zero attached hydrogens (tertiary/aromatic N) is 2. The molecule has 1 N–H and O–H groups in total. The van der Waals surface area contributed by atoms with Crippen LogP contribution in [0.4, 0.5) is 0 Å². The van der Waals surface area contributed by atoms with E-state index in [-0.39, 0.29) is 23.8 Å². The fourth-order valence-corrected chi connectivity index (χ4v) is 5.05. The Bertz CT molecular complexity index is 628. The van der Waals surface area contributed by atoms with Gasteiger partial charge in [0.25, 0.3) is 5.91 Å². The molecule has 0 aromatic carbocycles. The summed E-state index contributed by atoms with van der Waals surface area (Å²) in [7, 11) is 0. The number of thiazole rings is 1. The average molecular weight is 364 g/mol. The number of amides is 2. The van der Waals surface area contributed by atoms with Gasteiger partial charge in [-0.1, -0.05) is 25.7 Å². The molecular formula is C19H29N3O2S. The fourth-order valence-electron chi connectivity index (χ4n) is 4.17. The smallest absolute Gasteiger partial charge is 0.266 e. The molecule has 2 heterocycles. The van der Waals surface area contributed by atoms with Gasteiger partial charge in [0, 0.05) is 19.1 Å². The molecule has 0 bridgehead atoms. The van der Waals surface area contributed by atoms with Crippen LogP contribution in [0, 0.1) is 19.8 Å².